The Bertz CT molecular complexity index is 274. The molecule has 2 aliphatic rings. The van der Waals surface area contributed by atoms with Gasteiger partial charge >= 0.3 is 0 Å². The molecule has 2 rings (SSSR count). The third kappa shape index (κ3) is 2.10. The number of nitrogens with one attached hydrogen (secondary N) is 1. The van der Waals surface area contributed by atoms with Crippen LogP contribution in [0.3, 0.4) is 0 Å². The molecule has 1 unspecified atom stereocenters. The average Bonchev–Trinajstić information content (AvgIpc) is 2.24. The molecular weight excluding hydrogens is 202 g/mol. The fraction of sp³-hybridized carbons (Fsp3) is 0.923. The van der Waals surface area contributed by atoms with E-state index < -0.39 is 0 Å². The molecule has 0 bridgehead atoms. The molecule has 0 radical (unpaired) electrons. The molecule has 1 atom stereocenters. The normalized spacial score (nSPS) is 28.6. The maximum absolute atomic E-state index is 12.0. The molecule has 0 aromatic rings. The fourth-order valence-electron chi connectivity index (χ4n) is 2.67. The molecule has 0 aromatic carbocycles. The molecular formula is C13H23NO2. The van der Waals surface area contributed by atoms with Gasteiger partial charge in [-0.05, 0) is 31.1 Å². The molecule has 1 saturated heterocycles. The molecule has 3 heteroatoms. The smallest absolute Gasteiger partial charge is 0.225 e. The minimum atomic E-state index is -0.276. The highest BCUT2D eigenvalue weighted by molar-refractivity contribution is 5.81. The van der Waals surface area contributed by atoms with E-state index in [1.807, 2.05) is 20.8 Å². The summed E-state index contributed by atoms with van der Waals surface area (Å²) in [5, 5.41) is 3.22. The number of hydrogen-bond donors (Lipinski definition) is 1. The zero-order valence-corrected chi connectivity index (χ0v) is 10.6. The van der Waals surface area contributed by atoms with Crippen molar-refractivity contribution >= 4 is 5.91 Å². The van der Waals surface area contributed by atoms with Crippen LogP contribution < -0.4 is 5.32 Å². The van der Waals surface area contributed by atoms with E-state index in [-0.39, 0.29) is 11.3 Å². The summed E-state index contributed by atoms with van der Waals surface area (Å²) in [6, 6.07) is 0.392. The molecule has 1 heterocycles. The largest absolute Gasteiger partial charge is 0.381 e. The monoisotopic (exact) mass is 225 g/mol. The first-order valence-corrected chi connectivity index (χ1v) is 6.33. The van der Waals surface area contributed by atoms with E-state index in [1.165, 1.54) is 6.42 Å². The van der Waals surface area contributed by atoms with E-state index in [0.29, 0.717) is 11.5 Å². The van der Waals surface area contributed by atoms with Gasteiger partial charge in [-0.1, -0.05) is 20.8 Å². The molecule has 1 amide bonds. The van der Waals surface area contributed by atoms with Crippen LogP contribution in [-0.4, -0.2) is 25.2 Å². The van der Waals surface area contributed by atoms with Crippen molar-refractivity contribution in [1.82, 2.24) is 5.32 Å². The van der Waals surface area contributed by atoms with Gasteiger partial charge in [-0.15, -0.1) is 0 Å². The van der Waals surface area contributed by atoms with Gasteiger partial charge in [0.25, 0.3) is 0 Å². The Morgan fingerprint density at radius 1 is 1.25 bits per heavy atom. The number of hydrogen-bond acceptors (Lipinski definition) is 2. The fourth-order valence-corrected chi connectivity index (χ4v) is 2.67. The summed E-state index contributed by atoms with van der Waals surface area (Å²) in [5.74, 6) is 0.183. The van der Waals surface area contributed by atoms with Crippen LogP contribution in [0.15, 0.2) is 0 Å². The zero-order valence-electron chi connectivity index (χ0n) is 10.6. The van der Waals surface area contributed by atoms with Gasteiger partial charge in [-0.2, -0.15) is 0 Å². The third-order valence-electron chi connectivity index (χ3n) is 4.15. The second-order valence-electron chi connectivity index (χ2n) is 6.29. The predicted octanol–water partition coefficient (Wildman–Crippen LogP) is 2.11. The highest BCUT2D eigenvalue weighted by Gasteiger charge is 2.48. The Morgan fingerprint density at radius 2 is 1.88 bits per heavy atom. The number of carbonyl (C=O) groups excluding carboxylic acids is 1. The molecule has 2 fully saturated rings. The Balaban J connectivity index is 1.93. The topological polar surface area (TPSA) is 38.3 Å². The first-order chi connectivity index (χ1) is 7.44. The summed E-state index contributed by atoms with van der Waals surface area (Å²) in [4.78, 5) is 12.0. The molecule has 16 heavy (non-hydrogen) atoms. The van der Waals surface area contributed by atoms with Crippen molar-refractivity contribution in [3.05, 3.63) is 0 Å². The average molecular weight is 225 g/mol. The number of amides is 1. The standard InChI is InChI=1S/C13H23NO2/c1-12(2,3)11(15)14-10-4-5-13(10)6-8-16-9-7-13/h10H,4-9H2,1-3H3,(H,14,15). The van der Waals surface area contributed by atoms with Crippen LogP contribution in [0.5, 0.6) is 0 Å². The van der Waals surface area contributed by atoms with E-state index in [2.05, 4.69) is 5.32 Å². The quantitative estimate of drug-likeness (QED) is 0.742. The van der Waals surface area contributed by atoms with Crippen LogP contribution in [0.4, 0.5) is 0 Å². The SMILES string of the molecule is CC(C)(C)C(=O)NC1CCC12CCOCC2. The second-order valence-corrected chi connectivity index (χ2v) is 6.29. The minimum Gasteiger partial charge on any atom is -0.381 e. The first kappa shape index (κ1) is 11.9. The van der Waals surface area contributed by atoms with E-state index in [4.69, 9.17) is 4.74 Å². The minimum absolute atomic E-state index is 0.183. The lowest BCUT2D eigenvalue weighted by atomic mass is 9.60. The summed E-state index contributed by atoms with van der Waals surface area (Å²) < 4.78 is 5.41. The van der Waals surface area contributed by atoms with Crippen molar-refractivity contribution in [2.75, 3.05) is 13.2 Å². The van der Waals surface area contributed by atoms with Crippen molar-refractivity contribution in [2.24, 2.45) is 10.8 Å². The van der Waals surface area contributed by atoms with Crippen molar-refractivity contribution in [2.45, 2.75) is 52.5 Å². The number of rotatable bonds is 1. The van der Waals surface area contributed by atoms with Gasteiger partial charge in [0.05, 0.1) is 0 Å². The Morgan fingerprint density at radius 3 is 2.31 bits per heavy atom. The summed E-state index contributed by atoms with van der Waals surface area (Å²) >= 11 is 0. The van der Waals surface area contributed by atoms with Crippen molar-refractivity contribution < 1.29 is 9.53 Å². The summed E-state index contributed by atoms with van der Waals surface area (Å²) in [5.41, 5.74) is 0.0844. The van der Waals surface area contributed by atoms with Crippen LogP contribution in [-0.2, 0) is 9.53 Å². The zero-order chi connectivity index (χ0) is 11.8. The maximum Gasteiger partial charge on any atom is 0.225 e. The maximum atomic E-state index is 12.0. The Kier molecular flexibility index (Phi) is 2.99. The number of carbonyl (C=O) groups is 1. The van der Waals surface area contributed by atoms with Gasteiger partial charge in [-0.3, -0.25) is 4.79 Å². The van der Waals surface area contributed by atoms with Crippen LogP contribution in [0.25, 0.3) is 0 Å². The molecule has 0 aromatic heterocycles. The molecule has 1 spiro atoms. The van der Waals surface area contributed by atoms with Crippen LogP contribution in [0.2, 0.25) is 0 Å². The summed E-state index contributed by atoms with van der Waals surface area (Å²) in [6.45, 7) is 7.64. The van der Waals surface area contributed by atoms with Crippen molar-refractivity contribution in [3.8, 4) is 0 Å². The number of ether oxygens (including phenoxy) is 1. The van der Waals surface area contributed by atoms with Gasteiger partial charge in [0.2, 0.25) is 5.91 Å². The molecule has 92 valence electrons. The molecule has 1 saturated carbocycles. The van der Waals surface area contributed by atoms with E-state index in [9.17, 15) is 4.79 Å². The highest BCUT2D eigenvalue weighted by atomic mass is 16.5. The van der Waals surface area contributed by atoms with E-state index >= 15 is 0 Å². The second kappa shape index (κ2) is 4.02. The lowest BCUT2D eigenvalue weighted by molar-refractivity contribution is -0.134. The molecule has 1 aliphatic heterocycles. The molecule has 1 N–H and O–H groups in total. The van der Waals surface area contributed by atoms with Crippen LogP contribution >= 0.6 is 0 Å². The summed E-state index contributed by atoms with van der Waals surface area (Å²) in [6.07, 6.45) is 4.62. The molecule has 1 aliphatic carbocycles. The third-order valence-corrected chi connectivity index (χ3v) is 4.15. The van der Waals surface area contributed by atoms with Gasteiger partial charge in [-0.25, -0.2) is 0 Å². The Labute approximate surface area is 97.9 Å². The van der Waals surface area contributed by atoms with E-state index in [1.54, 1.807) is 0 Å². The van der Waals surface area contributed by atoms with Crippen LogP contribution in [0.1, 0.15) is 46.5 Å². The van der Waals surface area contributed by atoms with Crippen molar-refractivity contribution in [1.29, 1.82) is 0 Å². The lowest BCUT2D eigenvalue weighted by Gasteiger charge is -2.52. The van der Waals surface area contributed by atoms with E-state index in [0.717, 1.165) is 32.5 Å². The van der Waals surface area contributed by atoms with Crippen molar-refractivity contribution in [3.63, 3.8) is 0 Å². The van der Waals surface area contributed by atoms with Gasteiger partial charge in [0.15, 0.2) is 0 Å². The first-order valence-electron chi connectivity index (χ1n) is 6.33. The van der Waals surface area contributed by atoms with Gasteiger partial charge in [0, 0.05) is 24.7 Å². The highest BCUT2D eigenvalue weighted by Crippen LogP contribution is 2.48. The van der Waals surface area contributed by atoms with Gasteiger partial charge < -0.3 is 10.1 Å². The predicted molar refractivity (Wildman–Crippen MR) is 63.1 cm³/mol. The lowest BCUT2D eigenvalue weighted by Crippen LogP contribution is -2.58. The van der Waals surface area contributed by atoms with Crippen LogP contribution in [0, 0.1) is 10.8 Å². The Hall–Kier alpha value is -0.570. The molecule has 3 nitrogen and oxygen atoms in total. The van der Waals surface area contributed by atoms with Gasteiger partial charge in [0.1, 0.15) is 0 Å². The summed E-state index contributed by atoms with van der Waals surface area (Å²) in [7, 11) is 0.